The maximum Gasteiger partial charge on any atom is 0.246 e. The van der Waals surface area contributed by atoms with Gasteiger partial charge in [0.15, 0.2) is 0 Å². The quantitative estimate of drug-likeness (QED) is 0.917. The second-order valence-electron chi connectivity index (χ2n) is 5.12. The maximum atomic E-state index is 12.1. The molecular weight excluding hydrogens is 268 g/mol. The summed E-state index contributed by atoms with van der Waals surface area (Å²) >= 11 is 0. The van der Waals surface area contributed by atoms with Gasteiger partial charge >= 0.3 is 0 Å². The van der Waals surface area contributed by atoms with Gasteiger partial charge in [-0.1, -0.05) is 12.1 Å². The van der Waals surface area contributed by atoms with Crippen LogP contribution in [0.25, 0.3) is 0 Å². The van der Waals surface area contributed by atoms with Gasteiger partial charge in [-0.3, -0.25) is 4.79 Å². The molecule has 7 heteroatoms. The largest absolute Gasteiger partial charge is 0.370 e. The molecule has 1 N–H and O–H groups in total. The molecule has 1 amide bonds. The second kappa shape index (κ2) is 6.34. The van der Waals surface area contributed by atoms with E-state index in [0.717, 1.165) is 24.5 Å². The molecule has 7 nitrogen and oxygen atoms in total. The van der Waals surface area contributed by atoms with Gasteiger partial charge in [0, 0.05) is 13.1 Å². The first-order valence-corrected chi connectivity index (χ1v) is 7.17. The van der Waals surface area contributed by atoms with E-state index in [1.54, 1.807) is 0 Å². The Morgan fingerprint density at radius 3 is 2.76 bits per heavy atom. The van der Waals surface area contributed by atoms with Crippen molar-refractivity contribution < 1.29 is 4.79 Å². The zero-order chi connectivity index (χ0) is 14.5. The van der Waals surface area contributed by atoms with Crippen molar-refractivity contribution in [2.45, 2.75) is 25.8 Å². The van der Waals surface area contributed by atoms with Gasteiger partial charge < -0.3 is 10.2 Å². The minimum Gasteiger partial charge on any atom is -0.370 e. The lowest BCUT2D eigenvalue weighted by Crippen LogP contribution is -2.30. The van der Waals surface area contributed by atoms with Crippen LogP contribution in [0.2, 0.25) is 0 Å². The normalized spacial score (nSPS) is 15.0. The van der Waals surface area contributed by atoms with Crippen molar-refractivity contribution in [3.63, 3.8) is 0 Å². The number of rotatable bonds is 4. The highest BCUT2D eigenvalue weighted by atomic mass is 16.2. The average molecular weight is 286 g/mol. The Kier molecular flexibility index (Phi) is 4.09. The molecule has 1 aromatic carbocycles. The van der Waals surface area contributed by atoms with E-state index in [-0.39, 0.29) is 12.5 Å². The van der Waals surface area contributed by atoms with Crippen molar-refractivity contribution in [1.29, 1.82) is 0 Å². The minimum absolute atomic E-state index is 0.112. The molecule has 1 fully saturated rings. The van der Waals surface area contributed by atoms with E-state index in [1.165, 1.54) is 30.3 Å². The molecule has 0 unspecified atom stereocenters. The Hall–Kier alpha value is -2.44. The third-order valence-electron chi connectivity index (χ3n) is 3.57. The van der Waals surface area contributed by atoms with Crippen molar-refractivity contribution in [3.8, 4) is 0 Å². The number of anilines is 2. The van der Waals surface area contributed by atoms with E-state index in [4.69, 9.17) is 0 Å². The fourth-order valence-corrected chi connectivity index (χ4v) is 2.58. The van der Waals surface area contributed by atoms with E-state index in [0.29, 0.717) is 0 Å². The monoisotopic (exact) mass is 286 g/mol. The number of piperidine rings is 1. The fourth-order valence-electron chi connectivity index (χ4n) is 2.58. The zero-order valence-electron chi connectivity index (χ0n) is 11.8. The number of para-hydroxylation sites is 2. The summed E-state index contributed by atoms with van der Waals surface area (Å²) in [7, 11) is 0. The highest BCUT2D eigenvalue weighted by Crippen LogP contribution is 2.28. The Labute approximate surface area is 122 Å². The van der Waals surface area contributed by atoms with Crippen LogP contribution in [0, 0.1) is 0 Å². The van der Waals surface area contributed by atoms with E-state index < -0.39 is 0 Å². The van der Waals surface area contributed by atoms with Crippen LogP contribution >= 0.6 is 0 Å². The third kappa shape index (κ3) is 3.36. The number of amides is 1. The number of aromatic nitrogens is 4. The topological polar surface area (TPSA) is 75.9 Å². The molecule has 0 spiro atoms. The lowest BCUT2D eigenvalue weighted by atomic mass is 10.1. The van der Waals surface area contributed by atoms with Gasteiger partial charge in [-0.2, -0.15) is 0 Å². The van der Waals surface area contributed by atoms with Crippen LogP contribution in [0.3, 0.4) is 0 Å². The molecule has 2 aromatic rings. The van der Waals surface area contributed by atoms with E-state index in [1.807, 2.05) is 18.2 Å². The predicted octanol–water partition coefficient (Wildman–Crippen LogP) is 1.30. The number of hydrogen-bond donors (Lipinski definition) is 1. The van der Waals surface area contributed by atoms with Gasteiger partial charge in [0.25, 0.3) is 0 Å². The first kappa shape index (κ1) is 13.5. The summed E-state index contributed by atoms with van der Waals surface area (Å²) in [5.41, 5.74) is 1.93. The summed E-state index contributed by atoms with van der Waals surface area (Å²) in [6.45, 7) is 2.20. The number of benzene rings is 1. The summed E-state index contributed by atoms with van der Waals surface area (Å²) in [4.78, 5) is 14.4. The average Bonchev–Trinajstić information content (AvgIpc) is 3.01. The molecule has 21 heavy (non-hydrogen) atoms. The standard InChI is InChI=1S/C14H18N6O/c21-14(10-20-11-15-17-18-20)16-12-6-2-3-7-13(12)19-8-4-1-5-9-19/h2-3,6-7,11H,1,4-5,8-10H2,(H,16,21). The van der Waals surface area contributed by atoms with Crippen LogP contribution in [0.5, 0.6) is 0 Å². The van der Waals surface area contributed by atoms with Crippen molar-refractivity contribution in [3.05, 3.63) is 30.6 Å². The Morgan fingerprint density at radius 2 is 2.00 bits per heavy atom. The number of nitrogens with one attached hydrogen (secondary N) is 1. The zero-order valence-corrected chi connectivity index (χ0v) is 11.8. The molecule has 0 radical (unpaired) electrons. The van der Waals surface area contributed by atoms with Crippen LogP contribution in [0.1, 0.15) is 19.3 Å². The number of nitrogens with zero attached hydrogens (tertiary/aromatic N) is 5. The molecular formula is C14H18N6O. The first-order chi connectivity index (χ1) is 10.3. The number of carbonyl (C=O) groups is 1. The molecule has 0 bridgehead atoms. The summed E-state index contributed by atoms with van der Waals surface area (Å²) < 4.78 is 1.40. The lowest BCUT2D eigenvalue weighted by Gasteiger charge is -2.30. The Balaban J connectivity index is 1.71. The third-order valence-corrected chi connectivity index (χ3v) is 3.57. The van der Waals surface area contributed by atoms with Crippen molar-refractivity contribution >= 4 is 17.3 Å². The summed E-state index contributed by atoms with van der Waals surface area (Å²) in [5, 5.41) is 13.7. The predicted molar refractivity (Wildman–Crippen MR) is 79.0 cm³/mol. The summed E-state index contributed by atoms with van der Waals surface area (Å²) in [6, 6.07) is 7.92. The SMILES string of the molecule is O=C(Cn1cnnn1)Nc1ccccc1N1CCCCC1. The minimum atomic E-state index is -0.133. The Bertz CT molecular complexity index is 591. The van der Waals surface area contributed by atoms with Gasteiger partial charge in [-0.15, -0.1) is 5.10 Å². The highest BCUT2D eigenvalue weighted by Gasteiger charge is 2.15. The lowest BCUT2D eigenvalue weighted by molar-refractivity contribution is -0.116. The van der Waals surface area contributed by atoms with Crippen molar-refractivity contribution in [1.82, 2.24) is 20.2 Å². The molecule has 2 heterocycles. The van der Waals surface area contributed by atoms with Crippen LogP contribution in [-0.4, -0.2) is 39.2 Å². The highest BCUT2D eigenvalue weighted by molar-refractivity contribution is 5.94. The number of tetrazole rings is 1. The molecule has 3 rings (SSSR count). The fraction of sp³-hybridized carbons (Fsp3) is 0.429. The summed E-state index contributed by atoms with van der Waals surface area (Å²) in [5.74, 6) is -0.133. The van der Waals surface area contributed by atoms with E-state index in [2.05, 4.69) is 31.8 Å². The van der Waals surface area contributed by atoms with Gasteiger partial charge in [0.05, 0.1) is 11.4 Å². The molecule has 0 atom stereocenters. The molecule has 1 aliphatic heterocycles. The molecule has 1 aliphatic rings. The summed E-state index contributed by atoms with van der Waals surface area (Å²) in [6.07, 6.45) is 5.11. The van der Waals surface area contributed by atoms with Crippen LogP contribution < -0.4 is 10.2 Å². The number of hydrogen-bond acceptors (Lipinski definition) is 5. The van der Waals surface area contributed by atoms with Crippen LogP contribution in [0.4, 0.5) is 11.4 Å². The van der Waals surface area contributed by atoms with E-state index in [9.17, 15) is 4.79 Å². The number of carbonyl (C=O) groups excluding carboxylic acids is 1. The van der Waals surface area contributed by atoms with Gasteiger partial charge in [0.2, 0.25) is 5.91 Å². The molecule has 110 valence electrons. The smallest absolute Gasteiger partial charge is 0.246 e. The Morgan fingerprint density at radius 1 is 1.19 bits per heavy atom. The van der Waals surface area contributed by atoms with Gasteiger partial charge in [0.1, 0.15) is 12.9 Å². The van der Waals surface area contributed by atoms with Crippen LogP contribution in [0.15, 0.2) is 30.6 Å². The molecule has 0 aliphatic carbocycles. The van der Waals surface area contributed by atoms with Gasteiger partial charge in [-0.05, 0) is 41.8 Å². The van der Waals surface area contributed by atoms with Gasteiger partial charge in [-0.25, -0.2) is 4.68 Å². The molecule has 1 saturated heterocycles. The molecule has 0 saturated carbocycles. The van der Waals surface area contributed by atoms with Crippen molar-refractivity contribution in [2.75, 3.05) is 23.3 Å². The van der Waals surface area contributed by atoms with E-state index >= 15 is 0 Å². The second-order valence-corrected chi connectivity index (χ2v) is 5.12. The van der Waals surface area contributed by atoms with Crippen LogP contribution in [-0.2, 0) is 11.3 Å². The van der Waals surface area contributed by atoms with Crippen molar-refractivity contribution in [2.24, 2.45) is 0 Å². The maximum absolute atomic E-state index is 12.1. The molecule has 1 aromatic heterocycles. The first-order valence-electron chi connectivity index (χ1n) is 7.17.